The number of pyridine rings is 1. The Kier molecular flexibility index (Phi) is 7.63. The molecular weight excluding hydrogens is 411 g/mol. The molecule has 0 saturated carbocycles. The van der Waals surface area contributed by atoms with Crippen molar-refractivity contribution in [2.45, 2.75) is 38.4 Å². The van der Waals surface area contributed by atoms with Gasteiger partial charge in [-0.05, 0) is 56.3 Å². The highest BCUT2D eigenvalue weighted by molar-refractivity contribution is 7.88. The molecule has 0 bridgehead atoms. The van der Waals surface area contributed by atoms with E-state index in [2.05, 4.69) is 16.0 Å². The smallest absolute Gasteiger partial charge is 0.475 e. The molecule has 1 spiro atoms. The van der Waals surface area contributed by atoms with E-state index in [1.165, 1.54) is 19.1 Å². The Morgan fingerprint density at radius 2 is 1.66 bits per heavy atom. The summed E-state index contributed by atoms with van der Waals surface area (Å²) in [4.78, 5) is 15.8. The van der Waals surface area contributed by atoms with Gasteiger partial charge in [-0.3, -0.25) is 9.88 Å². The van der Waals surface area contributed by atoms with Crippen molar-refractivity contribution < 1.29 is 31.5 Å². The van der Waals surface area contributed by atoms with Crippen LogP contribution in [0.3, 0.4) is 0 Å². The minimum Gasteiger partial charge on any atom is -0.475 e. The molecular formula is C18H26F3N3O4S. The largest absolute Gasteiger partial charge is 0.490 e. The number of alkyl halides is 3. The fourth-order valence-corrected chi connectivity index (χ4v) is 4.54. The van der Waals surface area contributed by atoms with Crippen molar-refractivity contribution in [2.75, 3.05) is 32.4 Å². The van der Waals surface area contributed by atoms with E-state index in [0.29, 0.717) is 18.5 Å². The van der Waals surface area contributed by atoms with Crippen molar-refractivity contribution in [3.63, 3.8) is 0 Å². The van der Waals surface area contributed by atoms with E-state index in [0.717, 1.165) is 38.2 Å². The van der Waals surface area contributed by atoms with Crippen molar-refractivity contribution in [3.8, 4) is 0 Å². The number of carboxylic acids is 1. The number of piperidine rings is 2. The summed E-state index contributed by atoms with van der Waals surface area (Å²) in [7, 11) is -3.02. The summed E-state index contributed by atoms with van der Waals surface area (Å²) >= 11 is 0. The number of carboxylic acid groups (broad SMARTS) is 1. The van der Waals surface area contributed by atoms with Crippen molar-refractivity contribution in [3.05, 3.63) is 30.1 Å². The van der Waals surface area contributed by atoms with Crippen molar-refractivity contribution in [1.29, 1.82) is 0 Å². The second kappa shape index (κ2) is 9.40. The first-order valence-electron chi connectivity index (χ1n) is 9.29. The average Bonchev–Trinajstić information content (AvgIpc) is 2.64. The maximum Gasteiger partial charge on any atom is 0.490 e. The number of aliphatic carboxylic acids is 1. The van der Waals surface area contributed by atoms with Crippen LogP contribution in [-0.2, 0) is 21.4 Å². The molecule has 1 aromatic heterocycles. The minimum atomic E-state index is -5.08. The number of halogens is 3. The van der Waals surface area contributed by atoms with E-state index in [1.807, 2.05) is 18.3 Å². The Balaban J connectivity index is 0.000000370. The highest BCUT2D eigenvalue weighted by atomic mass is 32.2. The first-order chi connectivity index (χ1) is 13.4. The van der Waals surface area contributed by atoms with Crippen LogP contribution >= 0.6 is 0 Å². The molecule has 0 radical (unpaired) electrons. The van der Waals surface area contributed by atoms with Crippen LogP contribution in [0, 0.1) is 5.41 Å². The molecule has 0 atom stereocenters. The van der Waals surface area contributed by atoms with E-state index in [-0.39, 0.29) is 0 Å². The molecule has 1 aromatic rings. The van der Waals surface area contributed by atoms with Gasteiger partial charge in [0.2, 0.25) is 10.0 Å². The molecule has 11 heteroatoms. The third-order valence-corrected chi connectivity index (χ3v) is 6.83. The van der Waals surface area contributed by atoms with Crippen LogP contribution in [-0.4, -0.2) is 72.3 Å². The van der Waals surface area contributed by atoms with Gasteiger partial charge in [0.05, 0.1) is 11.9 Å². The highest BCUT2D eigenvalue weighted by Gasteiger charge is 2.39. The van der Waals surface area contributed by atoms with Gasteiger partial charge in [-0.15, -0.1) is 0 Å². The highest BCUT2D eigenvalue weighted by Crippen LogP contribution is 2.41. The average molecular weight is 437 g/mol. The molecule has 3 rings (SSSR count). The lowest BCUT2D eigenvalue weighted by atomic mass is 9.71. The Morgan fingerprint density at radius 1 is 1.14 bits per heavy atom. The van der Waals surface area contributed by atoms with Crippen LogP contribution in [0.5, 0.6) is 0 Å². The molecule has 2 aliphatic rings. The first kappa shape index (κ1) is 23.6. The van der Waals surface area contributed by atoms with Crippen LogP contribution in [0.25, 0.3) is 0 Å². The summed E-state index contributed by atoms with van der Waals surface area (Å²) < 4.78 is 56.6. The van der Waals surface area contributed by atoms with Crippen LogP contribution in [0.2, 0.25) is 0 Å². The summed E-state index contributed by atoms with van der Waals surface area (Å²) in [5.74, 6) is -2.76. The lowest BCUT2D eigenvalue weighted by Gasteiger charge is -2.46. The quantitative estimate of drug-likeness (QED) is 0.781. The summed E-state index contributed by atoms with van der Waals surface area (Å²) in [6.45, 7) is 4.50. The molecule has 2 saturated heterocycles. The number of nitrogens with zero attached hydrogens (tertiary/aromatic N) is 3. The van der Waals surface area contributed by atoms with Crippen LogP contribution in [0.15, 0.2) is 24.4 Å². The molecule has 164 valence electrons. The molecule has 0 amide bonds. The number of likely N-dealkylation sites (tertiary alicyclic amines) is 1. The maximum atomic E-state index is 11.6. The topological polar surface area (TPSA) is 90.8 Å². The molecule has 3 heterocycles. The molecule has 0 aromatic carbocycles. The predicted octanol–water partition coefficient (Wildman–Crippen LogP) is 2.35. The standard InChI is InChI=1S/C16H25N3O2S.C2HF3O2/c1-22(20,21)19-12-7-16(8-13-19)5-10-18(11-6-16)14-15-4-2-3-9-17-15;3-2(4,5)1(6)7/h2-4,9H,5-8,10-14H2,1H3;(H,6,7). The van der Waals surface area contributed by atoms with Gasteiger partial charge in [-0.1, -0.05) is 6.07 Å². The fourth-order valence-electron chi connectivity index (χ4n) is 3.70. The SMILES string of the molecule is CS(=O)(=O)N1CCC2(CCN(Cc3ccccn3)CC2)CC1.O=C(O)C(F)(F)F. The Bertz CT molecular complexity index is 769. The third kappa shape index (κ3) is 7.23. The lowest BCUT2D eigenvalue weighted by molar-refractivity contribution is -0.192. The number of hydrogen-bond acceptors (Lipinski definition) is 5. The second-order valence-corrected chi connectivity index (χ2v) is 9.54. The maximum absolute atomic E-state index is 11.6. The van der Waals surface area contributed by atoms with Crippen LogP contribution in [0.1, 0.15) is 31.4 Å². The van der Waals surface area contributed by atoms with Gasteiger partial charge in [-0.2, -0.15) is 13.2 Å². The molecule has 7 nitrogen and oxygen atoms in total. The minimum absolute atomic E-state index is 0.363. The Morgan fingerprint density at radius 3 is 2.07 bits per heavy atom. The zero-order valence-electron chi connectivity index (χ0n) is 16.2. The van der Waals surface area contributed by atoms with Crippen molar-refractivity contribution >= 4 is 16.0 Å². The number of aromatic nitrogens is 1. The first-order valence-corrected chi connectivity index (χ1v) is 11.1. The fraction of sp³-hybridized carbons (Fsp3) is 0.667. The molecule has 0 unspecified atom stereocenters. The van der Waals surface area contributed by atoms with Crippen molar-refractivity contribution in [2.24, 2.45) is 5.41 Å². The zero-order chi connectivity index (χ0) is 21.7. The number of carbonyl (C=O) groups is 1. The second-order valence-electron chi connectivity index (χ2n) is 7.56. The summed E-state index contributed by atoms with van der Waals surface area (Å²) in [5.41, 5.74) is 1.49. The van der Waals surface area contributed by atoms with Crippen LogP contribution < -0.4 is 0 Å². The van der Waals surface area contributed by atoms with Crippen molar-refractivity contribution in [1.82, 2.24) is 14.2 Å². The van der Waals surface area contributed by atoms with E-state index in [9.17, 15) is 21.6 Å². The predicted molar refractivity (Wildman–Crippen MR) is 101 cm³/mol. The Hall–Kier alpha value is -1.72. The molecule has 0 aliphatic carbocycles. The van der Waals surface area contributed by atoms with Gasteiger partial charge in [0.15, 0.2) is 0 Å². The third-order valence-electron chi connectivity index (χ3n) is 5.52. The van der Waals surface area contributed by atoms with E-state index >= 15 is 0 Å². The van der Waals surface area contributed by atoms with E-state index in [4.69, 9.17) is 9.90 Å². The van der Waals surface area contributed by atoms with Gasteiger partial charge in [-0.25, -0.2) is 17.5 Å². The van der Waals surface area contributed by atoms with Gasteiger partial charge >= 0.3 is 12.1 Å². The summed E-state index contributed by atoms with van der Waals surface area (Å²) in [6.07, 6.45) is 2.46. The normalized spacial score (nSPS) is 20.7. The van der Waals surface area contributed by atoms with E-state index in [1.54, 1.807) is 4.31 Å². The number of hydrogen-bond donors (Lipinski definition) is 1. The number of rotatable bonds is 3. The molecule has 2 aliphatic heterocycles. The molecule has 1 N–H and O–H groups in total. The summed E-state index contributed by atoms with van der Waals surface area (Å²) in [6, 6.07) is 6.06. The monoisotopic (exact) mass is 437 g/mol. The number of sulfonamides is 1. The van der Waals surface area contributed by atoms with Crippen LogP contribution in [0.4, 0.5) is 13.2 Å². The van der Waals surface area contributed by atoms with Gasteiger partial charge in [0.1, 0.15) is 0 Å². The van der Waals surface area contributed by atoms with E-state index < -0.39 is 22.2 Å². The van der Waals surface area contributed by atoms with Gasteiger partial charge in [0.25, 0.3) is 0 Å². The lowest BCUT2D eigenvalue weighted by Crippen LogP contribution is -2.47. The molecule has 2 fully saturated rings. The van der Waals surface area contributed by atoms with Gasteiger partial charge in [0, 0.05) is 25.8 Å². The molecule has 29 heavy (non-hydrogen) atoms. The Labute approximate surface area is 168 Å². The zero-order valence-corrected chi connectivity index (χ0v) is 17.0. The summed E-state index contributed by atoms with van der Waals surface area (Å²) in [5, 5.41) is 7.12. The van der Waals surface area contributed by atoms with Gasteiger partial charge < -0.3 is 5.11 Å².